The van der Waals surface area contributed by atoms with Gasteiger partial charge in [0.2, 0.25) is 0 Å². The Kier molecular flexibility index (Phi) is 3.24. The summed E-state index contributed by atoms with van der Waals surface area (Å²) >= 11 is 0. The first-order chi connectivity index (χ1) is 8.71. The van der Waals surface area contributed by atoms with E-state index in [1.54, 1.807) is 7.11 Å². The normalized spacial score (nSPS) is 20.1. The van der Waals surface area contributed by atoms with Gasteiger partial charge in [-0.25, -0.2) is 0 Å². The molecule has 104 valence electrons. The van der Waals surface area contributed by atoms with Gasteiger partial charge in [-0.1, -0.05) is 45.4 Å². The van der Waals surface area contributed by atoms with Crippen LogP contribution in [0.5, 0.6) is 5.75 Å². The molecule has 1 aromatic rings. The standard InChI is InChI=1S/C17H24O2/c1-11-7-8-14(19-6)12(9-11)10-13(18)15-16(2,3)17(15,4)5/h7-9,15H,10H2,1-6H3. The third-order valence-corrected chi connectivity index (χ3v) is 5.14. The van der Waals surface area contributed by atoms with Crippen molar-refractivity contribution < 1.29 is 9.53 Å². The quantitative estimate of drug-likeness (QED) is 0.823. The molecule has 0 atom stereocenters. The second-order valence-corrected chi connectivity index (χ2v) is 6.83. The van der Waals surface area contributed by atoms with Gasteiger partial charge in [-0.2, -0.15) is 0 Å². The molecule has 0 aliphatic heterocycles. The summed E-state index contributed by atoms with van der Waals surface area (Å²) in [6, 6.07) is 6.01. The van der Waals surface area contributed by atoms with Crippen LogP contribution < -0.4 is 4.74 Å². The second kappa shape index (κ2) is 4.36. The van der Waals surface area contributed by atoms with Crippen molar-refractivity contribution >= 4 is 5.78 Å². The molecule has 1 aliphatic carbocycles. The minimum Gasteiger partial charge on any atom is -0.496 e. The van der Waals surface area contributed by atoms with Crippen LogP contribution >= 0.6 is 0 Å². The molecule has 0 unspecified atom stereocenters. The summed E-state index contributed by atoms with van der Waals surface area (Å²) in [4.78, 5) is 12.5. The van der Waals surface area contributed by atoms with Gasteiger partial charge < -0.3 is 4.74 Å². The number of ether oxygens (including phenoxy) is 1. The smallest absolute Gasteiger partial charge is 0.141 e. The first kappa shape index (κ1) is 14.1. The highest BCUT2D eigenvalue weighted by Gasteiger charge is 2.67. The van der Waals surface area contributed by atoms with E-state index in [1.807, 2.05) is 19.1 Å². The van der Waals surface area contributed by atoms with Crippen LogP contribution in [-0.4, -0.2) is 12.9 Å². The molecule has 0 spiro atoms. The zero-order valence-corrected chi connectivity index (χ0v) is 12.8. The number of benzene rings is 1. The number of carbonyl (C=O) groups is 1. The van der Waals surface area contributed by atoms with Crippen molar-refractivity contribution in [2.75, 3.05) is 7.11 Å². The molecule has 0 saturated heterocycles. The lowest BCUT2D eigenvalue weighted by Crippen LogP contribution is -2.11. The Morgan fingerprint density at radius 1 is 1.21 bits per heavy atom. The number of aryl methyl sites for hydroxylation is 1. The maximum atomic E-state index is 12.5. The van der Waals surface area contributed by atoms with E-state index in [2.05, 4.69) is 33.8 Å². The van der Waals surface area contributed by atoms with Crippen LogP contribution in [0, 0.1) is 23.7 Å². The largest absolute Gasteiger partial charge is 0.496 e. The Bertz CT molecular complexity index is 498. The molecule has 1 aromatic carbocycles. The lowest BCUT2D eigenvalue weighted by molar-refractivity contribution is -0.120. The van der Waals surface area contributed by atoms with E-state index in [-0.39, 0.29) is 16.7 Å². The Hall–Kier alpha value is -1.31. The number of hydrogen-bond acceptors (Lipinski definition) is 2. The molecule has 19 heavy (non-hydrogen) atoms. The lowest BCUT2D eigenvalue weighted by atomic mass is 9.99. The Morgan fingerprint density at radius 3 is 2.26 bits per heavy atom. The highest BCUT2D eigenvalue weighted by Crippen LogP contribution is 2.68. The molecule has 1 aliphatic rings. The maximum absolute atomic E-state index is 12.5. The molecule has 2 heteroatoms. The molecule has 0 radical (unpaired) electrons. The molecule has 1 saturated carbocycles. The average molecular weight is 260 g/mol. The number of hydrogen-bond donors (Lipinski definition) is 0. The van der Waals surface area contributed by atoms with Crippen LogP contribution in [0.4, 0.5) is 0 Å². The van der Waals surface area contributed by atoms with Crippen LogP contribution in [0.15, 0.2) is 18.2 Å². The van der Waals surface area contributed by atoms with E-state index in [9.17, 15) is 4.79 Å². The number of ketones is 1. The summed E-state index contributed by atoms with van der Waals surface area (Å²) in [5.41, 5.74) is 2.39. The van der Waals surface area contributed by atoms with E-state index in [0.29, 0.717) is 12.2 Å². The average Bonchev–Trinajstić information content (AvgIpc) is 2.69. The van der Waals surface area contributed by atoms with E-state index in [4.69, 9.17) is 4.74 Å². The predicted molar refractivity (Wildman–Crippen MR) is 77.5 cm³/mol. The first-order valence-electron chi connectivity index (χ1n) is 6.88. The van der Waals surface area contributed by atoms with Crippen molar-refractivity contribution in [3.8, 4) is 5.75 Å². The van der Waals surface area contributed by atoms with Crippen molar-refractivity contribution in [3.63, 3.8) is 0 Å². The lowest BCUT2D eigenvalue weighted by Gasteiger charge is -2.09. The maximum Gasteiger partial charge on any atom is 0.141 e. The highest BCUT2D eigenvalue weighted by molar-refractivity contribution is 5.88. The summed E-state index contributed by atoms with van der Waals surface area (Å²) in [5.74, 6) is 1.30. The van der Waals surface area contributed by atoms with Crippen LogP contribution in [0.1, 0.15) is 38.8 Å². The fraction of sp³-hybridized carbons (Fsp3) is 0.588. The van der Waals surface area contributed by atoms with E-state index in [0.717, 1.165) is 16.9 Å². The van der Waals surface area contributed by atoms with Crippen molar-refractivity contribution in [2.45, 2.75) is 41.0 Å². The van der Waals surface area contributed by atoms with Crippen LogP contribution in [0.25, 0.3) is 0 Å². The molecule has 0 bridgehead atoms. The van der Waals surface area contributed by atoms with Gasteiger partial charge in [0, 0.05) is 17.9 Å². The number of Topliss-reactive ketones (excluding diaryl/α,β-unsaturated/α-hetero) is 1. The predicted octanol–water partition coefficient (Wildman–Crippen LogP) is 3.80. The molecule has 0 amide bonds. The van der Waals surface area contributed by atoms with Crippen molar-refractivity contribution in [3.05, 3.63) is 29.3 Å². The topological polar surface area (TPSA) is 26.3 Å². The fourth-order valence-electron chi connectivity index (χ4n) is 3.34. The zero-order chi connectivity index (χ0) is 14.4. The minimum absolute atomic E-state index is 0.112. The molecule has 0 heterocycles. The van der Waals surface area contributed by atoms with Gasteiger partial charge in [-0.15, -0.1) is 0 Å². The third-order valence-electron chi connectivity index (χ3n) is 5.14. The minimum atomic E-state index is 0.112. The number of rotatable bonds is 4. The van der Waals surface area contributed by atoms with Gasteiger partial charge in [-0.3, -0.25) is 4.79 Å². The SMILES string of the molecule is COc1ccc(C)cc1CC(=O)C1C(C)(C)C1(C)C. The van der Waals surface area contributed by atoms with Gasteiger partial charge in [-0.05, 0) is 23.8 Å². The van der Waals surface area contributed by atoms with Crippen molar-refractivity contribution in [1.29, 1.82) is 0 Å². The molecular formula is C17H24O2. The third kappa shape index (κ3) is 2.18. The summed E-state index contributed by atoms with van der Waals surface area (Å²) in [6.07, 6.45) is 0.475. The fourth-order valence-corrected chi connectivity index (χ4v) is 3.34. The summed E-state index contributed by atoms with van der Waals surface area (Å²) < 4.78 is 5.35. The van der Waals surface area contributed by atoms with E-state index >= 15 is 0 Å². The van der Waals surface area contributed by atoms with Gasteiger partial charge in [0.1, 0.15) is 11.5 Å². The van der Waals surface area contributed by atoms with Gasteiger partial charge in [0.15, 0.2) is 0 Å². The second-order valence-electron chi connectivity index (χ2n) is 6.83. The van der Waals surface area contributed by atoms with Gasteiger partial charge >= 0.3 is 0 Å². The molecule has 1 fully saturated rings. The Morgan fingerprint density at radius 2 is 1.79 bits per heavy atom. The number of carbonyl (C=O) groups excluding carboxylic acids is 1. The Balaban J connectivity index is 2.19. The monoisotopic (exact) mass is 260 g/mol. The summed E-state index contributed by atoms with van der Waals surface area (Å²) in [6.45, 7) is 10.8. The summed E-state index contributed by atoms with van der Waals surface area (Å²) in [7, 11) is 1.66. The van der Waals surface area contributed by atoms with Crippen molar-refractivity contribution in [2.24, 2.45) is 16.7 Å². The molecule has 2 nitrogen and oxygen atoms in total. The van der Waals surface area contributed by atoms with Gasteiger partial charge in [0.25, 0.3) is 0 Å². The number of methoxy groups -OCH3 is 1. The highest BCUT2D eigenvalue weighted by atomic mass is 16.5. The molecule has 0 N–H and O–H groups in total. The first-order valence-corrected chi connectivity index (χ1v) is 6.88. The molecule has 2 rings (SSSR count). The van der Waals surface area contributed by atoms with Crippen LogP contribution in [-0.2, 0) is 11.2 Å². The molecule has 0 aromatic heterocycles. The molecular weight excluding hydrogens is 236 g/mol. The van der Waals surface area contributed by atoms with Crippen LogP contribution in [0.3, 0.4) is 0 Å². The Labute approximate surface area is 116 Å². The zero-order valence-electron chi connectivity index (χ0n) is 12.8. The van der Waals surface area contributed by atoms with E-state index < -0.39 is 0 Å². The van der Waals surface area contributed by atoms with Crippen LogP contribution in [0.2, 0.25) is 0 Å². The van der Waals surface area contributed by atoms with Gasteiger partial charge in [0.05, 0.1) is 7.11 Å². The van der Waals surface area contributed by atoms with E-state index in [1.165, 1.54) is 0 Å². The summed E-state index contributed by atoms with van der Waals surface area (Å²) in [5, 5.41) is 0. The van der Waals surface area contributed by atoms with Crippen molar-refractivity contribution in [1.82, 2.24) is 0 Å².